The van der Waals surface area contributed by atoms with Crippen LogP contribution in [0.15, 0.2) is 6.07 Å². The van der Waals surface area contributed by atoms with Crippen LogP contribution in [-0.4, -0.2) is 4.98 Å². The maximum Gasteiger partial charge on any atom is 0.152 e. The lowest BCUT2D eigenvalue weighted by atomic mass is 9.91. The molecular formula is C10H15ClN2. The minimum absolute atomic E-state index is 0.0160. The lowest BCUT2D eigenvalue weighted by molar-refractivity contribution is 0.568. The molecule has 0 radical (unpaired) electrons. The van der Waals surface area contributed by atoms with Crippen molar-refractivity contribution in [2.75, 3.05) is 5.73 Å². The monoisotopic (exact) mass is 198 g/mol. The molecule has 2 nitrogen and oxygen atoms in total. The predicted octanol–water partition coefficient (Wildman–Crippen LogP) is 2.92. The van der Waals surface area contributed by atoms with Crippen molar-refractivity contribution in [3.63, 3.8) is 0 Å². The number of pyridine rings is 1. The van der Waals surface area contributed by atoms with Gasteiger partial charge in [-0.2, -0.15) is 0 Å². The molecule has 0 amide bonds. The average molecular weight is 199 g/mol. The highest BCUT2D eigenvalue weighted by molar-refractivity contribution is 6.32. The highest BCUT2D eigenvalue weighted by atomic mass is 35.5. The maximum absolute atomic E-state index is 5.89. The lowest BCUT2D eigenvalue weighted by Gasteiger charge is -2.19. The van der Waals surface area contributed by atoms with Gasteiger partial charge in [-0.05, 0) is 18.6 Å². The molecule has 0 aliphatic rings. The van der Waals surface area contributed by atoms with Gasteiger partial charge in [-0.15, -0.1) is 0 Å². The summed E-state index contributed by atoms with van der Waals surface area (Å²) in [6.45, 7) is 8.24. The van der Waals surface area contributed by atoms with Gasteiger partial charge in [0, 0.05) is 11.1 Å². The van der Waals surface area contributed by atoms with Gasteiger partial charge in [-0.3, -0.25) is 0 Å². The number of hydrogen-bond donors (Lipinski definition) is 1. The summed E-state index contributed by atoms with van der Waals surface area (Å²) in [4.78, 5) is 4.25. The van der Waals surface area contributed by atoms with Crippen molar-refractivity contribution in [2.45, 2.75) is 33.1 Å². The van der Waals surface area contributed by atoms with Crippen molar-refractivity contribution >= 4 is 17.3 Å². The number of hydrogen-bond acceptors (Lipinski definition) is 2. The molecule has 0 fully saturated rings. The van der Waals surface area contributed by atoms with Crippen molar-refractivity contribution < 1.29 is 0 Å². The van der Waals surface area contributed by atoms with Crippen LogP contribution in [0.1, 0.15) is 32.0 Å². The van der Waals surface area contributed by atoms with E-state index in [1.165, 1.54) is 0 Å². The van der Waals surface area contributed by atoms with Crippen LogP contribution in [0.5, 0.6) is 0 Å². The fourth-order valence-electron chi connectivity index (χ4n) is 1.03. The highest BCUT2D eigenvalue weighted by Gasteiger charge is 2.17. The van der Waals surface area contributed by atoms with Crippen LogP contribution < -0.4 is 5.73 Å². The Morgan fingerprint density at radius 1 is 1.38 bits per heavy atom. The van der Waals surface area contributed by atoms with Gasteiger partial charge in [-0.1, -0.05) is 32.4 Å². The Bertz CT molecular complexity index is 303. The molecule has 0 unspecified atom stereocenters. The smallest absolute Gasteiger partial charge is 0.152 e. The Labute approximate surface area is 84.1 Å². The second-order valence-corrected chi connectivity index (χ2v) is 4.64. The zero-order valence-electron chi connectivity index (χ0n) is 8.48. The van der Waals surface area contributed by atoms with Crippen LogP contribution in [0.25, 0.3) is 0 Å². The van der Waals surface area contributed by atoms with Gasteiger partial charge in [0.1, 0.15) is 0 Å². The van der Waals surface area contributed by atoms with E-state index in [1.807, 2.05) is 13.0 Å². The van der Waals surface area contributed by atoms with Crippen LogP contribution in [-0.2, 0) is 5.41 Å². The minimum atomic E-state index is 0.0160. The first-order chi connectivity index (χ1) is 5.82. The summed E-state index contributed by atoms with van der Waals surface area (Å²) >= 11 is 5.89. The number of rotatable bonds is 0. The fourth-order valence-corrected chi connectivity index (χ4v) is 1.27. The highest BCUT2D eigenvalue weighted by Crippen LogP contribution is 2.27. The normalized spacial score (nSPS) is 11.8. The van der Waals surface area contributed by atoms with E-state index in [9.17, 15) is 0 Å². The maximum atomic E-state index is 5.89. The van der Waals surface area contributed by atoms with E-state index in [-0.39, 0.29) is 5.41 Å². The van der Waals surface area contributed by atoms with Gasteiger partial charge in [0.05, 0.1) is 5.69 Å². The van der Waals surface area contributed by atoms with Crippen LogP contribution in [0.3, 0.4) is 0 Å². The van der Waals surface area contributed by atoms with Gasteiger partial charge < -0.3 is 5.73 Å². The number of aromatic nitrogens is 1. The summed E-state index contributed by atoms with van der Waals surface area (Å²) in [5, 5.41) is 0.407. The molecule has 0 bridgehead atoms. The van der Waals surface area contributed by atoms with Crippen molar-refractivity contribution in [3.05, 3.63) is 22.5 Å². The molecule has 0 saturated heterocycles. The predicted molar refractivity (Wildman–Crippen MR) is 57.1 cm³/mol. The first-order valence-electron chi connectivity index (χ1n) is 4.25. The van der Waals surface area contributed by atoms with Crippen molar-refractivity contribution in [1.82, 2.24) is 4.98 Å². The molecule has 1 rings (SSSR count). The van der Waals surface area contributed by atoms with Crippen LogP contribution >= 0.6 is 11.6 Å². The molecule has 0 aliphatic heterocycles. The van der Waals surface area contributed by atoms with Crippen LogP contribution in [0.2, 0.25) is 5.15 Å². The SMILES string of the molecule is Cc1cc(C(C)(C)C)nc(Cl)c1N. The number of nitrogens with zero attached hydrogens (tertiary/aromatic N) is 1. The summed E-state index contributed by atoms with van der Waals surface area (Å²) in [7, 11) is 0. The molecular weight excluding hydrogens is 184 g/mol. The van der Waals surface area contributed by atoms with Gasteiger partial charge in [0.25, 0.3) is 0 Å². The second kappa shape index (κ2) is 3.18. The Hall–Kier alpha value is -0.760. The molecule has 3 heteroatoms. The molecule has 0 aromatic carbocycles. The lowest BCUT2D eigenvalue weighted by Crippen LogP contribution is -2.14. The first-order valence-corrected chi connectivity index (χ1v) is 4.63. The molecule has 2 N–H and O–H groups in total. The van der Waals surface area contributed by atoms with E-state index in [0.29, 0.717) is 10.8 Å². The van der Waals surface area contributed by atoms with Gasteiger partial charge >= 0.3 is 0 Å². The molecule has 0 spiro atoms. The molecule has 0 atom stereocenters. The molecule has 1 aromatic heterocycles. The van der Waals surface area contributed by atoms with Gasteiger partial charge in [0.15, 0.2) is 5.15 Å². The van der Waals surface area contributed by atoms with Crippen molar-refractivity contribution in [3.8, 4) is 0 Å². The van der Waals surface area contributed by atoms with E-state index in [4.69, 9.17) is 17.3 Å². The third-order valence-electron chi connectivity index (χ3n) is 1.99. The van der Waals surface area contributed by atoms with E-state index in [0.717, 1.165) is 11.3 Å². The van der Waals surface area contributed by atoms with Crippen molar-refractivity contribution in [1.29, 1.82) is 0 Å². The van der Waals surface area contributed by atoms with E-state index in [1.54, 1.807) is 0 Å². The number of halogens is 1. The average Bonchev–Trinajstić information content (AvgIpc) is 1.97. The van der Waals surface area contributed by atoms with Gasteiger partial charge in [0.2, 0.25) is 0 Å². The third-order valence-corrected chi connectivity index (χ3v) is 2.28. The van der Waals surface area contributed by atoms with Crippen LogP contribution in [0.4, 0.5) is 5.69 Å². The molecule has 0 saturated carbocycles. The summed E-state index contributed by atoms with van der Waals surface area (Å²) in [5.41, 5.74) is 8.26. The summed E-state index contributed by atoms with van der Waals surface area (Å²) in [6, 6.07) is 1.99. The zero-order valence-corrected chi connectivity index (χ0v) is 9.24. The Balaban J connectivity index is 3.29. The first kappa shape index (κ1) is 10.3. The summed E-state index contributed by atoms with van der Waals surface area (Å²) in [5.74, 6) is 0. The molecule has 72 valence electrons. The Kier molecular flexibility index (Phi) is 2.53. The number of anilines is 1. The van der Waals surface area contributed by atoms with E-state index < -0.39 is 0 Å². The number of nitrogens with two attached hydrogens (primary N) is 1. The minimum Gasteiger partial charge on any atom is -0.396 e. The van der Waals surface area contributed by atoms with E-state index >= 15 is 0 Å². The Morgan fingerprint density at radius 3 is 2.31 bits per heavy atom. The summed E-state index contributed by atoms with van der Waals surface area (Å²) in [6.07, 6.45) is 0. The van der Waals surface area contributed by atoms with Gasteiger partial charge in [-0.25, -0.2) is 4.98 Å². The van der Waals surface area contributed by atoms with Crippen LogP contribution in [0, 0.1) is 6.92 Å². The fraction of sp³-hybridized carbons (Fsp3) is 0.500. The quantitative estimate of drug-likeness (QED) is 0.651. The second-order valence-electron chi connectivity index (χ2n) is 4.28. The molecule has 0 aliphatic carbocycles. The third kappa shape index (κ3) is 2.13. The summed E-state index contributed by atoms with van der Waals surface area (Å²) < 4.78 is 0. The zero-order chi connectivity index (χ0) is 10.2. The Morgan fingerprint density at radius 2 is 1.92 bits per heavy atom. The van der Waals surface area contributed by atoms with E-state index in [2.05, 4.69) is 25.8 Å². The molecule has 1 aromatic rings. The topological polar surface area (TPSA) is 38.9 Å². The number of aryl methyl sites for hydroxylation is 1. The molecule has 13 heavy (non-hydrogen) atoms. The molecule has 1 heterocycles. The standard InChI is InChI=1S/C10H15ClN2/c1-6-5-7(10(2,3)4)13-9(11)8(6)12/h5H,12H2,1-4H3. The number of nitrogen functional groups attached to an aromatic ring is 1. The largest absolute Gasteiger partial charge is 0.396 e. The van der Waals surface area contributed by atoms with Crippen molar-refractivity contribution in [2.24, 2.45) is 0 Å².